The maximum atomic E-state index is 11.4. The van der Waals surface area contributed by atoms with E-state index in [-0.39, 0.29) is 17.1 Å². The van der Waals surface area contributed by atoms with E-state index in [0.717, 1.165) is 0 Å². The predicted octanol–water partition coefficient (Wildman–Crippen LogP) is -3.91. The van der Waals surface area contributed by atoms with Gasteiger partial charge in [-0.3, -0.25) is 9.59 Å². The Bertz CT molecular complexity index is 254. The van der Waals surface area contributed by atoms with Gasteiger partial charge in [-0.05, 0) is 0 Å². The summed E-state index contributed by atoms with van der Waals surface area (Å²) in [6.07, 6.45) is 1.35. The Morgan fingerprint density at radius 2 is 1.47 bits per heavy atom. The van der Waals surface area contributed by atoms with Gasteiger partial charge in [-0.15, -0.1) is 0 Å². The molecule has 9 heteroatoms. The van der Waals surface area contributed by atoms with Crippen LogP contribution in [0.4, 0.5) is 0 Å². The summed E-state index contributed by atoms with van der Waals surface area (Å²) in [5.41, 5.74) is 10.4. The minimum Gasteiger partial charge on any atom is -0.540 e. The van der Waals surface area contributed by atoms with Crippen molar-refractivity contribution in [3.8, 4) is 0 Å². The first-order chi connectivity index (χ1) is 7.49. The maximum Gasteiger partial charge on any atom is 0.246 e. The van der Waals surface area contributed by atoms with Crippen molar-refractivity contribution in [3.63, 3.8) is 0 Å². The van der Waals surface area contributed by atoms with Crippen molar-refractivity contribution >= 4 is 18.1 Å². The molecule has 2 amide bonds. The van der Waals surface area contributed by atoms with Gasteiger partial charge in [0.2, 0.25) is 11.8 Å². The Kier molecular flexibility index (Phi) is 10.1. The number of carbonyl (C=O) groups excluding carboxylic acids is 3. The summed E-state index contributed by atoms with van der Waals surface area (Å²) in [4.78, 5) is 33.5. The van der Waals surface area contributed by atoms with Crippen LogP contribution in [0.25, 0.3) is 0 Å². The molecule has 0 aromatic carbocycles. The van der Waals surface area contributed by atoms with Crippen molar-refractivity contribution in [2.75, 3.05) is 19.8 Å². The van der Waals surface area contributed by atoms with Gasteiger partial charge in [0.25, 0.3) is 0 Å². The SMILES string of the molecule is N[C@@H](CO)C(=O)N(C[C-]=O)C(=O)[C@@H](N)CO.[Fe]. The van der Waals surface area contributed by atoms with Gasteiger partial charge in [0, 0.05) is 17.1 Å². The van der Waals surface area contributed by atoms with Crippen molar-refractivity contribution < 1.29 is 41.7 Å². The molecule has 2 atom stereocenters. The van der Waals surface area contributed by atoms with Gasteiger partial charge in [-0.25, -0.2) is 6.29 Å². The average molecular weight is 288 g/mol. The fourth-order valence-electron chi connectivity index (χ4n) is 0.886. The number of rotatable bonds is 6. The van der Waals surface area contributed by atoms with Crippen LogP contribution in [0.1, 0.15) is 0 Å². The number of aliphatic hydroxyl groups is 2. The second-order valence-corrected chi connectivity index (χ2v) is 2.99. The smallest absolute Gasteiger partial charge is 0.246 e. The molecule has 0 rings (SSSR count). The van der Waals surface area contributed by atoms with E-state index in [1.54, 1.807) is 0 Å². The number of hydrogen-bond donors (Lipinski definition) is 4. The van der Waals surface area contributed by atoms with Gasteiger partial charge in [0.15, 0.2) is 0 Å². The van der Waals surface area contributed by atoms with E-state index in [1.807, 2.05) is 0 Å². The number of amides is 2. The van der Waals surface area contributed by atoms with Gasteiger partial charge in [-0.1, -0.05) is 6.54 Å². The molecule has 0 aromatic heterocycles. The van der Waals surface area contributed by atoms with Gasteiger partial charge in [-0.2, -0.15) is 0 Å². The summed E-state index contributed by atoms with van der Waals surface area (Å²) >= 11 is 0. The normalized spacial score (nSPS) is 13.2. The summed E-state index contributed by atoms with van der Waals surface area (Å²) in [6, 6.07) is -2.63. The van der Waals surface area contributed by atoms with E-state index < -0.39 is 43.7 Å². The zero-order valence-electron chi connectivity index (χ0n) is 8.85. The number of nitrogens with zero attached hydrogens (tertiary/aromatic N) is 1. The molecule has 0 bridgehead atoms. The Morgan fingerprint density at radius 1 is 1.12 bits per heavy atom. The third-order valence-electron chi connectivity index (χ3n) is 1.78. The molecule has 0 saturated carbocycles. The van der Waals surface area contributed by atoms with Crippen molar-refractivity contribution in [2.45, 2.75) is 12.1 Å². The van der Waals surface area contributed by atoms with Crippen LogP contribution in [0.2, 0.25) is 0 Å². The molecular weight excluding hydrogens is 274 g/mol. The van der Waals surface area contributed by atoms with Gasteiger partial charge in [0.05, 0.1) is 13.2 Å². The zero-order chi connectivity index (χ0) is 12.7. The second kappa shape index (κ2) is 9.23. The maximum absolute atomic E-state index is 11.4. The molecule has 17 heavy (non-hydrogen) atoms. The molecule has 0 heterocycles. The molecule has 0 aliphatic carbocycles. The average Bonchev–Trinajstić information content (AvgIpc) is 2.32. The summed E-state index contributed by atoms with van der Waals surface area (Å²) in [7, 11) is 0. The van der Waals surface area contributed by atoms with E-state index in [4.69, 9.17) is 21.7 Å². The minimum absolute atomic E-state index is 0. The van der Waals surface area contributed by atoms with Crippen LogP contribution in [-0.4, -0.2) is 65.1 Å². The first-order valence-corrected chi connectivity index (χ1v) is 4.42. The Hall–Kier alpha value is -0.831. The van der Waals surface area contributed by atoms with Crippen molar-refractivity contribution in [1.82, 2.24) is 4.90 Å². The second-order valence-electron chi connectivity index (χ2n) is 2.99. The predicted molar refractivity (Wildman–Crippen MR) is 52.5 cm³/mol. The third kappa shape index (κ3) is 5.35. The van der Waals surface area contributed by atoms with E-state index in [9.17, 15) is 14.4 Å². The molecule has 0 aromatic rings. The molecule has 100 valence electrons. The van der Waals surface area contributed by atoms with E-state index >= 15 is 0 Å². The molecular formula is C8H14FeN3O5-. The van der Waals surface area contributed by atoms with Crippen LogP contribution in [0, 0.1) is 0 Å². The van der Waals surface area contributed by atoms with Crippen LogP contribution in [0.5, 0.6) is 0 Å². The Morgan fingerprint density at radius 3 is 1.71 bits per heavy atom. The van der Waals surface area contributed by atoms with Crippen LogP contribution in [0.3, 0.4) is 0 Å². The van der Waals surface area contributed by atoms with Crippen LogP contribution in [-0.2, 0) is 31.5 Å². The number of hydrogen-bond acceptors (Lipinski definition) is 7. The molecule has 0 fully saturated rings. The number of imide groups is 1. The molecule has 0 aliphatic heterocycles. The van der Waals surface area contributed by atoms with E-state index in [2.05, 4.69) is 0 Å². The molecule has 8 nitrogen and oxygen atoms in total. The first-order valence-electron chi connectivity index (χ1n) is 4.42. The van der Waals surface area contributed by atoms with Gasteiger partial charge >= 0.3 is 0 Å². The molecule has 0 spiro atoms. The van der Waals surface area contributed by atoms with E-state index in [1.165, 1.54) is 6.29 Å². The van der Waals surface area contributed by atoms with Crippen molar-refractivity contribution in [1.29, 1.82) is 0 Å². The molecule has 0 aliphatic rings. The number of aliphatic hydroxyl groups excluding tert-OH is 2. The van der Waals surface area contributed by atoms with Crippen molar-refractivity contribution in [3.05, 3.63) is 0 Å². The Labute approximate surface area is 108 Å². The Balaban J connectivity index is 0. The summed E-state index contributed by atoms with van der Waals surface area (Å²) < 4.78 is 0. The third-order valence-corrected chi connectivity index (χ3v) is 1.78. The molecule has 0 radical (unpaired) electrons. The van der Waals surface area contributed by atoms with Gasteiger partial charge in [0.1, 0.15) is 12.1 Å². The van der Waals surface area contributed by atoms with Crippen LogP contribution < -0.4 is 11.5 Å². The summed E-state index contributed by atoms with van der Waals surface area (Å²) in [5.74, 6) is -1.89. The topological polar surface area (TPSA) is 147 Å². The van der Waals surface area contributed by atoms with Crippen LogP contribution in [0.15, 0.2) is 0 Å². The zero-order valence-corrected chi connectivity index (χ0v) is 9.95. The molecule has 0 saturated heterocycles. The summed E-state index contributed by atoms with van der Waals surface area (Å²) in [5, 5.41) is 17.3. The first kappa shape index (κ1) is 18.5. The quantitative estimate of drug-likeness (QED) is 0.288. The van der Waals surface area contributed by atoms with Crippen LogP contribution >= 0.6 is 0 Å². The van der Waals surface area contributed by atoms with Crippen molar-refractivity contribution in [2.24, 2.45) is 11.5 Å². The fourth-order valence-corrected chi connectivity index (χ4v) is 0.886. The summed E-state index contributed by atoms with van der Waals surface area (Å²) in [6.45, 7) is -1.98. The van der Waals surface area contributed by atoms with E-state index in [0.29, 0.717) is 4.90 Å². The fraction of sp³-hybridized carbons (Fsp3) is 0.625. The number of carbonyl (C=O) groups is 2. The standard InChI is InChI=1S/C8H14N3O5.Fe/c9-5(3-13)7(15)11(1-2-12)8(16)6(10)4-14;/h5-6,13-14H,1,3-4,9-10H2;/q-1;/t5-,6-;/m0./s1. The van der Waals surface area contributed by atoms with Gasteiger partial charge < -0.3 is 31.4 Å². The molecule has 6 N–H and O–H groups in total. The minimum atomic E-state index is -1.32. The molecule has 0 unspecified atom stereocenters. The largest absolute Gasteiger partial charge is 0.540 e. The number of nitrogens with two attached hydrogens (primary N) is 2. The monoisotopic (exact) mass is 288 g/mol.